The zero-order valence-corrected chi connectivity index (χ0v) is 9.56. The molecule has 1 atom stereocenters. The first kappa shape index (κ1) is 11.0. The highest BCUT2D eigenvalue weighted by atomic mass is 15.2. The third kappa shape index (κ3) is 2.68. The van der Waals surface area contributed by atoms with Gasteiger partial charge < -0.3 is 5.32 Å². The number of likely N-dealkylation sites (tertiary alicyclic amines) is 1. The molecule has 1 N–H and O–H groups in total. The summed E-state index contributed by atoms with van der Waals surface area (Å²) in [5, 5.41) is 3.22. The lowest BCUT2D eigenvalue weighted by molar-refractivity contribution is 0.119. The van der Waals surface area contributed by atoms with Gasteiger partial charge in [0.2, 0.25) is 0 Å². The van der Waals surface area contributed by atoms with Gasteiger partial charge in [0.25, 0.3) is 0 Å². The van der Waals surface area contributed by atoms with Crippen LogP contribution >= 0.6 is 0 Å². The summed E-state index contributed by atoms with van der Waals surface area (Å²) in [6.07, 6.45) is 3.99. The lowest BCUT2D eigenvalue weighted by atomic mass is 10.00. The van der Waals surface area contributed by atoms with Crippen LogP contribution in [0, 0.1) is 0 Å². The second-order valence-electron chi connectivity index (χ2n) is 4.85. The third-order valence-corrected chi connectivity index (χ3v) is 3.31. The van der Waals surface area contributed by atoms with E-state index in [2.05, 4.69) is 31.0 Å². The number of hydrogen-bond donors (Lipinski definition) is 1. The Bertz CT molecular complexity index is 154. The van der Waals surface area contributed by atoms with Crippen molar-refractivity contribution < 1.29 is 0 Å². The predicted molar refractivity (Wildman–Crippen MR) is 58.0 cm³/mol. The van der Waals surface area contributed by atoms with E-state index in [-0.39, 0.29) is 0 Å². The summed E-state index contributed by atoms with van der Waals surface area (Å²) in [5.74, 6) is 0. The minimum Gasteiger partial charge on any atom is -0.320 e. The molecule has 0 bridgehead atoms. The Morgan fingerprint density at radius 2 is 2.15 bits per heavy atom. The van der Waals surface area contributed by atoms with Crippen LogP contribution in [0.1, 0.15) is 40.0 Å². The zero-order valence-electron chi connectivity index (χ0n) is 9.56. The fourth-order valence-corrected chi connectivity index (χ4v) is 2.45. The van der Waals surface area contributed by atoms with Crippen LogP contribution < -0.4 is 5.32 Å². The fourth-order valence-electron chi connectivity index (χ4n) is 2.45. The van der Waals surface area contributed by atoms with Crippen molar-refractivity contribution in [3.63, 3.8) is 0 Å². The molecule has 0 aliphatic carbocycles. The maximum Gasteiger partial charge on any atom is 0.0156 e. The maximum absolute atomic E-state index is 3.22. The van der Waals surface area contributed by atoms with Gasteiger partial charge in [-0.3, -0.25) is 4.90 Å². The fraction of sp³-hybridized carbons (Fsp3) is 1.00. The van der Waals surface area contributed by atoms with Gasteiger partial charge in [-0.1, -0.05) is 0 Å². The standard InChI is InChI=1S/C11H24N2/c1-10(6-8-12-4)13-9-5-7-11(13,2)3/h10,12H,5-9H2,1-4H3. The molecule has 0 aromatic rings. The molecular formula is C11H24N2. The molecule has 1 unspecified atom stereocenters. The minimum absolute atomic E-state index is 0.438. The van der Waals surface area contributed by atoms with Crippen LogP contribution in [0.3, 0.4) is 0 Å². The Labute approximate surface area is 82.7 Å². The molecule has 0 aromatic carbocycles. The molecule has 0 radical (unpaired) electrons. The van der Waals surface area contributed by atoms with E-state index in [1.54, 1.807) is 0 Å². The Hall–Kier alpha value is -0.0800. The quantitative estimate of drug-likeness (QED) is 0.717. The molecule has 0 amide bonds. The second kappa shape index (κ2) is 4.43. The molecule has 2 nitrogen and oxygen atoms in total. The molecule has 1 aliphatic heterocycles. The first-order valence-electron chi connectivity index (χ1n) is 5.49. The molecule has 1 aliphatic rings. The van der Waals surface area contributed by atoms with E-state index in [4.69, 9.17) is 0 Å². The minimum atomic E-state index is 0.438. The van der Waals surface area contributed by atoms with Crippen molar-refractivity contribution in [3.8, 4) is 0 Å². The van der Waals surface area contributed by atoms with Crippen molar-refractivity contribution in [2.75, 3.05) is 20.1 Å². The molecule has 0 aromatic heterocycles. The van der Waals surface area contributed by atoms with Gasteiger partial charge in [0.15, 0.2) is 0 Å². The Morgan fingerprint density at radius 3 is 2.62 bits per heavy atom. The first-order chi connectivity index (χ1) is 6.08. The first-order valence-corrected chi connectivity index (χ1v) is 5.49. The van der Waals surface area contributed by atoms with Gasteiger partial charge in [-0.15, -0.1) is 0 Å². The van der Waals surface area contributed by atoms with Gasteiger partial charge in [0.1, 0.15) is 0 Å². The molecule has 1 saturated heterocycles. The van der Waals surface area contributed by atoms with Crippen LogP contribution in [0.15, 0.2) is 0 Å². The Balaban J connectivity index is 2.41. The van der Waals surface area contributed by atoms with Crippen molar-refractivity contribution in [1.82, 2.24) is 10.2 Å². The van der Waals surface area contributed by atoms with E-state index in [1.165, 1.54) is 25.8 Å². The smallest absolute Gasteiger partial charge is 0.0156 e. The molecule has 0 spiro atoms. The van der Waals surface area contributed by atoms with Gasteiger partial charge in [-0.05, 0) is 60.2 Å². The Kier molecular flexibility index (Phi) is 3.74. The normalized spacial score (nSPS) is 24.9. The number of nitrogens with zero attached hydrogens (tertiary/aromatic N) is 1. The number of rotatable bonds is 4. The highest BCUT2D eigenvalue weighted by Gasteiger charge is 2.34. The molecule has 13 heavy (non-hydrogen) atoms. The lowest BCUT2D eigenvalue weighted by Crippen LogP contribution is -2.44. The third-order valence-electron chi connectivity index (χ3n) is 3.31. The average molecular weight is 184 g/mol. The molecule has 0 saturated carbocycles. The SMILES string of the molecule is CNCCC(C)N1CCCC1(C)C. The molecule has 2 heteroatoms. The van der Waals surface area contributed by atoms with Gasteiger partial charge in [0, 0.05) is 11.6 Å². The molecule has 1 rings (SSSR count). The van der Waals surface area contributed by atoms with Crippen LogP contribution in [0.2, 0.25) is 0 Å². The van der Waals surface area contributed by atoms with Crippen LogP contribution in [-0.2, 0) is 0 Å². The van der Waals surface area contributed by atoms with Crippen molar-refractivity contribution in [2.45, 2.75) is 51.6 Å². The molecule has 1 heterocycles. The van der Waals surface area contributed by atoms with E-state index in [1.807, 2.05) is 7.05 Å². The highest BCUT2D eigenvalue weighted by Crippen LogP contribution is 2.30. The monoisotopic (exact) mass is 184 g/mol. The van der Waals surface area contributed by atoms with Crippen molar-refractivity contribution in [1.29, 1.82) is 0 Å². The lowest BCUT2D eigenvalue weighted by Gasteiger charge is -2.36. The van der Waals surface area contributed by atoms with Gasteiger partial charge in [-0.2, -0.15) is 0 Å². The van der Waals surface area contributed by atoms with E-state index in [0.717, 1.165) is 12.6 Å². The topological polar surface area (TPSA) is 15.3 Å². The number of nitrogens with one attached hydrogen (secondary N) is 1. The van der Waals surface area contributed by atoms with Crippen molar-refractivity contribution in [3.05, 3.63) is 0 Å². The summed E-state index contributed by atoms with van der Waals surface area (Å²) >= 11 is 0. The van der Waals surface area contributed by atoms with Crippen LogP contribution in [0.25, 0.3) is 0 Å². The van der Waals surface area contributed by atoms with Gasteiger partial charge in [-0.25, -0.2) is 0 Å². The van der Waals surface area contributed by atoms with E-state index in [9.17, 15) is 0 Å². The Morgan fingerprint density at radius 1 is 1.46 bits per heavy atom. The number of hydrogen-bond acceptors (Lipinski definition) is 2. The maximum atomic E-state index is 3.22. The van der Waals surface area contributed by atoms with Crippen LogP contribution in [-0.4, -0.2) is 36.6 Å². The molecule has 78 valence electrons. The van der Waals surface area contributed by atoms with Gasteiger partial charge >= 0.3 is 0 Å². The van der Waals surface area contributed by atoms with Crippen molar-refractivity contribution in [2.24, 2.45) is 0 Å². The van der Waals surface area contributed by atoms with E-state index >= 15 is 0 Å². The average Bonchev–Trinajstić information content (AvgIpc) is 2.41. The summed E-state index contributed by atoms with van der Waals surface area (Å²) in [7, 11) is 2.03. The molecule has 1 fully saturated rings. The predicted octanol–water partition coefficient (Wildman–Crippen LogP) is 1.86. The molecular weight excluding hydrogens is 160 g/mol. The zero-order chi connectivity index (χ0) is 9.90. The second-order valence-corrected chi connectivity index (χ2v) is 4.85. The summed E-state index contributed by atoms with van der Waals surface area (Å²) in [6, 6.07) is 0.727. The summed E-state index contributed by atoms with van der Waals surface area (Å²) < 4.78 is 0. The van der Waals surface area contributed by atoms with Crippen molar-refractivity contribution >= 4 is 0 Å². The highest BCUT2D eigenvalue weighted by molar-refractivity contribution is 4.90. The summed E-state index contributed by atoms with van der Waals surface area (Å²) in [4.78, 5) is 2.66. The summed E-state index contributed by atoms with van der Waals surface area (Å²) in [5.41, 5.74) is 0.438. The van der Waals surface area contributed by atoms with E-state index < -0.39 is 0 Å². The summed E-state index contributed by atoms with van der Waals surface area (Å²) in [6.45, 7) is 9.52. The van der Waals surface area contributed by atoms with Gasteiger partial charge in [0.05, 0.1) is 0 Å². The van der Waals surface area contributed by atoms with E-state index in [0.29, 0.717) is 5.54 Å². The van der Waals surface area contributed by atoms with Crippen LogP contribution in [0.5, 0.6) is 0 Å². The largest absolute Gasteiger partial charge is 0.320 e. The van der Waals surface area contributed by atoms with Crippen LogP contribution in [0.4, 0.5) is 0 Å².